The zero-order valence-electron chi connectivity index (χ0n) is 16.1. The molecule has 0 aliphatic heterocycles. The highest BCUT2D eigenvalue weighted by molar-refractivity contribution is 7.99. The number of aromatic nitrogens is 1. The summed E-state index contributed by atoms with van der Waals surface area (Å²) >= 11 is 1.30. The topological polar surface area (TPSA) is 80.9 Å². The van der Waals surface area contributed by atoms with E-state index in [1.54, 1.807) is 6.92 Å². The molecule has 3 aromatic rings. The molecule has 0 unspecified atom stereocenters. The van der Waals surface area contributed by atoms with Gasteiger partial charge in [0, 0.05) is 11.8 Å². The van der Waals surface area contributed by atoms with E-state index in [1.807, 2.05) is 54.6 Å². The van der Waals surface area contributed by atoms with Gasteiger partial charge in [-0.1, -0.05) is 30.3 Å². The van der Waals surface area contributed by atoms with Gasteiger partial charge in [0.15, 0.2) is 5.88 Å². The molecule has 7 heteroatoms. The standard InChI is InChI=1S/C22H23NO5S/c1-2-27-21(25)12-13-29-19-14-20(24)23(22(19)26)15-16-8-10-18(11-9-16)28-17-6-4-3-5-7-17/h3-11,14,24,26H,2,12-13,15H2,1H3. The van der Waals surface area contributed by atoms with E-state index in [0.717, 1.165) is 11.3 Å². The van der Waals surface area contributed by atoms with Gasteiger partial charge in [0.2, 0.25) is 5.88 Å². The van der Waals surface area contributed by atoms with Crippen molar-refractivity contribution in [2.45, 2.75) is 24.8 Å². The summed E-state index contributed by atoms with van der Waals surface area (Å²) in [6, 6.07) is 18.4. The van der Waals surface area contributed by atoms with Crippen LogP contribution in [0.4, 0.5) is 0 Å². The van der Waals surface area contributed by atoms with E-state index in [4.69, 9.17) is 9.47 Å². The number of carbonyl (C=O) groups is 1. The van der Waals surface area contributed by atoms with Gasteiger partial charge < -0.3 is 19.7 Å². The van der Waals surface area contributed by atoms with Crippen LogP contribution < -0.4 is 4.74 Å². The van der Waals surface area contributed by atoms with Crippen LogP contribution in [0.15, 0.2) is 65.6 Å². The molecule has 29 heavy (non-hydrogen) atoms. The summed E-state index contributed by atoms with van der Waals surface area (Å²) < 4.78 is 12.1. The molecule has 0 aliphatic rings. The maximum atomic E-state index is 11.4. The molecule has 6 nitrogen and oxygen atoms in total. The summed E-state index contributed by atoms with van der Waals surface area (Å²) in [5.41, 5.74) is 0.898. The molecule has 3 rings (SSSR count). The summed E-state index contributed by atoms with van der Waals surface area (Å²) in [7, 11) is 0. The first-order valence-corrected chi connectivity index (χ1v) is 10.3. The number of thioether (sulfide) groups is 1. The third-order valence-electron chi connectivity index (χ3n) is 4.12. The monoisotopic (exact) mass is 413 g/mol. The number of benzene rings is 2. The molecule has 2 aromatic carbocycles. The van der Waals surface area contributed by atoms with Gasteiger partial charge in [0.25, 0.3) is 0 Å². The van der Waals surface area contributed by atoms with Gasteiger partial charge in [-0.25, -0.2) is 0 Å². The van der Waals surface area contributed by atoms with Crippen molar-refractivity contribution in [2.24, 2.45) is 0 Å². The lowest BCUT2D eigenvalue weighted by molar-refractivity contribution is -0.142. The highest BCUT2D eigenvalue weighted by Crippen LogP contribution is 2.36. The third-order valence-corrected chi connectivity index (χ3v) is 5.14. The minimum absolute atomic E-state index is 0.0269. The lowest BCUT2D eigenvalue weighted by Gasteiger charge is -2.09. The van der Waals surface area contributed by atoms with Crippen molar-refractivity contribution in [3.05, 3.63) is 66.2 Å². The zero-order valence-corrected chi connectivity index (χ0v) is 16.9. The van der Waals surface area contributed by atoms with E-state index >= 15 is 0 Å². The second kappa shape index (κ2) is 9.93. The Hall–Kier alpha value is -3.06. The normalized spacial score (nSPS) is 10.7. The molecule has 0 atom stereocenters. The van der Waals surface area contributed by atoms with Crippen molar-refractivity contribution in [1.82, 2.24) is 4.57 Å². The van der Waals surface area contributed by atoms with E-state index in [0.29, 0.717) is 29.5 Å². The predicted molar refractivity (Wildman–Crippen MR) is 112 cm³/mol. The molecule has 0 amide bonds. The van der Waals surface area contributed by atoms with Crippen LogP contribution in [0, 0.1) is 0 Å². The Morgan fingerprint density at radius 3 is 2.41 bits per heavy atom. The fourth-order valence-corrected chi connectivity index (χ4v) is 3.63. The summed E-state index contributed by atoms with van der Waals surface area (Å²) in [5.74, 6) is 1.58. The number of carbonyl (C=O) groups excluding carboxylic acids is 1. The van der Waals surface area contributed by atoms with E-state index in [2.05, 4.69) is 0 Å². The number of nitrogens with zero attached hydrogens (tertiary/aromatic N) is 1. The Morgan fingerprint density at radius 1 is 1.03 bits per heavy atom. The molecule has 0 saturated heterocycles. The first-order chi connectivity index (χ1) is 14.1. The van der Waals surface area contributed by atoms with Crippen LogP contribution in [0.3, 0.4) is 0 Å². The summed E-state index contributed by atoms with van der Waals surface area (Å²) in [6.45, 7) is 2.41. The molecule has 152 valence electrons. The zero-order chi connectivity index (χ0) is 20.6. The van der Waals surface area contributed by atoms with Crippen LogP contribution in [-0.2, 0) is 16.1 Å². The number of para-hydroxylation sites is 1. The van der Waals surface area contributed by atoms with Gasteiger partial charge >= 0.3 is 5.97 Å². The van der Waals surface area contributed by atoms with Crippen molar-refractivity contribution in [3.63, 3.8) is 0 Å². The third kappa shape index (κ3) is 5.71. The van der Waals surface area contributed by atoms with Crippen LogP contribution in [0.1, 0.15) is 18.9 Å². The second-order valence-corrected chi connectivity index (χ2v) is 7.38. The molecule has 0 bridgehead atoms. The molecule has 0 fully saturated rings. The van der Waals surface area contributed by atoms with Crippen molar-refractivity contribution in [2.75, 3.05) is 12.4 Å². The number of hydrogen-bond donors (Lipinski definition) is 2. The average molecular weight is 413 g/mol. The highest BCUT2D eigenvalue weighted by atomic mass is 32.2. The van der Waals surface area contributed by atoms with Crippen molar-refractivity contribution >= 4 is 17.7 Å². The number of aromatic hydroxyl groups is 2. The largest absolute Gasteiger partial charge is 0.494 e. The maximum absolute atomic E-state index is 11.4. The molecule has 2 N–H and O–H groups in total. The molecular formula is C22H23NO5S. The summed E-state index contributed by atoms with van der Waals surface area (Å²) in [6.07, 6.45) is 0.243. The van der Waals surface area contributed by atoms with Gasteiger partial charge in [-0.05, 0) is 36.8 Å². The minimum atomic E-state index is -0.277. The van der Waals surface area contributed by atoms with Crippen LogP contribution in [0.5, 0.6) is 23.3 Å². The molecule has 1 heterocycles. The van der Waals surface area contributed by atoms with Crippen LogP contribution in [-0.4, -0.2) is 33.1 Å². The molecule has 1 aromatic heterocycles. The van der Waals surface area contributed by atoms with Gasteiger partial charge in [-0.15, -0.1) is 11.8 Å². The Morgan fingerprint density at radius 2 is 1.72 bits per heavy atom. The lowest BCUT2D eigenvalue weighted by atomic mass is 10.2. The molecule has 0 saturated carbocycles. The fourth-order valence-electron chi connectivity index (χ4n) is 2.71. The highest BCUT2D eigenvalue weighted by Gasteiger charge is 2.15. The van der Waals surface area contributed by atoms with E-state index < -0.39 is 0 Å². The maximum Gasteiger partial charge on any atom is 0.306 e. The SMILES string of the molecule is CCOC(=O)CCSc1cc(O)n(Cc2ccc(Oc3ccccc3)cc2)c1O. The number of hydrogen-bond acceptors (Lipinski definition) is 6. The second-order valence-electron chi connectivity index (χ2n) is 6.24. The Bertz CT molecular complexity index is 938. The molecular weight excluding hydrogens is 390 g/mol. The van der Waals surface area contributed by atoms with Gasteiger partial charge in [-0.3, -0.25) is 9.36 Å². The number of ether oxygens (including phenoxy) is 2. The van der Waals surface area contributed by atoms with Crippen molar-refractivity contribution < 1.29 is 24.5 Å². The van der Waals surface area contributed by atoms with E-state index in [-0.39, 0.29) is 24.2 Å². The van der Waals surface area contributed by atoms with E-state index in [9.17, 15) is 15.0 Å². The first kappa shape index (κ1) is 20.7. The Balaban J connectivity index is 1.61. The van der Waals surface area contributed by atoms with Gasteiger partial charge in [0.05, 0.1) is 24.5 Å². The first-order valence-electron chi connectivity index (χ1n) is 9.28. The summed E-state index contributed by atoms with van der Waals surface area (Å²) in [4.78, 5) is 11.9. The van der Waals surface area contributed by atoms with Crippen molar-refractivity contribution in [1.29, 1.82) is 0 Å². The van der Waals surface area contributed by atoms with Gasteiger partial charge in [0.1, 0.15) is 11.5 Å². The minimum Gasteiger partial charge on any atom is -0.494 e. The lowest BCUT2D eigenvalue weighted by Crippen LogP contribution is -2.04. The smallest absolute Gasteiger partial charge is 0.306 e. The quantitative estimate of drug-likeness (QED) is 0.388. The molecule has 0 aliphatic carbocycles. The molecule has 0 radical (unpaired) electrons. The van der Waals surface area contributed by atoms with Crippen LogP contribution >= 0.6 is 11.8 Å². The average Bonchev–Trinajstić information content (AvgIpc) is 2.98. The van der Waals surface area contributed by atoms with Crippen LogP contribution in [0.2, 0.25) is 0 Å². The number of esters is 1. The fraction of sp³-hybridized carbons (Fsp3) is 0.227. The molecule has 0 spiro atoms. The number of rotatable bonds is 9. The van der Waals surface area contributed by atoms with Gasteiger partial charge in [-0.2, -0.15) is 0 Å². The predicted octanol–water partition coefficient (Wildman–Crippen LogP) is 4.79. The summed E-state index contributed by atoms with van der Waals surface area (Å²) in [5, 5.41) is 20.6. The van der Waals surface area contributed by atoms with Crippen LogP contribution in [0.25, 0.3) is 0 Å². The Kier molecular flexibility index (Phi) is 7.08. The van der Waals surface area contributed by atoms with Crippen molar-refractivity contribution in [3.8, 4) is 23.3 Å². The Labute approximate surface area is 173 Å². The van der Waals surface area contributed by atoms with E-state index in [1.165, 1.54) is 22.4 Å².